The first kappa shape index (κ1) is 15.3. The van der Waals surface area contributed by atoms with Gasteiger partial charge in [-0.05, 0) is 38.3 Å². The summed E-state index contributed by atoms with van der Waals surface area (Å²) in [7, 11) is 1.37. The Kier molecular flexibility index (Phi) is 5.14. The molecular weight excluding hydrogens is 272 g/mol. The van der Waals surface area contributed by atoms with Crippen LogP contribution in [0.4, 0.5) is 5.82 Å². The lowest BCUT2D eigenvalue weighted by Crippen LogP contribution is -2.46. The maximum Gasteiger partial charge on any atom is 0.341 e. The van der Waals surface area contributed by atoms with Gasteiger partial charge < -0.3 is 14.4 Å². The van der Waals surface area contributed by atoms with Crippen molar-refractivity contribution in [2.45, 2.75) is 32.2 Å². The normalized spacial score (nSPS) is 18.2. The highest BCUT2D eigenvalue weighted by Crippen LogP contribution is 2.27. The quantitative estimate of drug-likeness (QED) is 0.788. The molecule has 0 N–H and O–H groups in total. The summed E-state index contributed by atoms with van der Waals surface area (Å²) in [4.78, 5) is 30.1. The fraction of sp³-hybridized carbons (Fsp3) is 0.533. The Morgan fingerprint density at radius 2 is 2.24 bits per heavy atom. The zero-order valence-electron chi connectivity index (χ0n) is 12.4. The third-order valence-electron chi connectivity index (χ3n) is 3.53. The van der Waals surface area contributed by atoms with Crippen LogP contribution in [0.15, 0.2) is 18.3 Å². The van der Waals surface area contributed by atoms with Gasteiger partial charge in [0.15, 0.2) is 0 Å². The highest BCUT2D eigenvalue weighted by molar-refractivity contribution is 5.95. The van der Waals surface area contributed by atoms with Crippen molar-refractivity contribution in [2.75, 3.05) is 25.2 Å². The average molecular weight is 292 g/mol. The van der Waals surface area contributed by atoms with Crippen molar-refractivity contribution in [2.24, 2.45) is 0 Å². The molecular formula is C15H20N2O4. The van der Waals surface area contributed by atoms with Crippen molar-refractivity contribution in [3.8, 4) is 0 Å². The van der Waals surface area contributed by atoms with Crippen LogP contribution in [0.3, 0.4) is 0 Å². The second-order valence-corrected chi connectivity index (χ2v) is 4.82. The van der Waals surface area contributed by atoms with Gasteiger partial charge in [0.05, 0.1) is 13.7 Å². The van der Waals surface area contributed by atoms with E-state index in [-0.39, 0.29) is 5.97 Å². The molecule has 114 valence electrons. The van der Waals surface area contributed by atoms with Gasteiger partial charge in [-0.3, -0.25) is 0 Å². The molecule has 1 aliphatic rings. The highest BCUT2D eigenvalue weighted by atomic mass is 16.5. The molecule has 1 saturated heterocycles. The van der Waals surface area contributed by atoms with Gasteiger partial charge in [0.2, 0.25) is 0 Å². The molecule has 1 unspecified atom stereocenters. The van der Waals surface area contributed by atoms with Crippen molar-refractivity contribution in [3.63, 3.8) is 0 Å². The SMILES string of the molecule is CCOC(=O)c1cccnc1N1CCCCC1C(=O)OC. The number of anilines is 1. The first-order valence-electron chi connectivity index (χ1n) is 7.15. The molecule has 2 heterocycles. The van der Waals surface area contributed by atoms with Crippen molar-refractivity contribution in [1.82, 2.24) is 4.98 Å². The molecule has 1 aromatic heterocycles. The third kappa shape index (κ3) is 3.32. The number of hydrogen-bond donors (Lipinski definition) is 0. The van der Waals surface area contributed by atoms with E-state index in [1.165, 1.54) is 7.11 Å². The predicted octanol–water partition coefficient (Wildman–Crippen LogP) is 1.79. The second-order valence-electron chi connectivity index (χ2n) is 4.82. The van der Waals surface area contributed by atoms with Crippen LogP contribution in [0.25, 0.3) is 0 Å². The molecule has 0 saturated carbocycles. The van der Waals surface area contributed by atoms with Gasteiger partial charge >= 0.3 is 11.9 Å². The molecule has 6 heteroatoms. The van der Waals surface area contributed by atoms with Crippen LogP contribution >= 0.6 is 0 Å². The van der Waals surface area contributed by atoms with Gasteiger partial charge in [0.25, 0.3) is 0 Å². The van der Waals surface area contributed by atoms with Gasteiger partial charge in [0.1, 0.15) is 17.4 Å². The van der Waals surface area contributed by atoms with E-state index in [4.69, 9.17) is 9.47 Å². The van der Waals surface area contributed by atoms with Crippen LogP contribution in [0, 0.1) is 0 Å². The Labute approximate surface area is 124 Å². The van der Waals surface area contributed by atoms with Crippen molar-refractivity contribution >= 4 is 17.8 Å². The summed E-state index contributed by atoms with van der Waals surface area (Å²) in [5.74, 6) is -0.226. The minimum Gasteiger partial charge on any atom is -0.467 e. The fourth-order valence-electron chi connectivity index (χ4n) is 2.56. The molecule has 0 aliphatic carbocycles. The van der Waals surface area contributed by atoms with Gasteiger partial charge in [-0.25, -0.2) is 14.6 Å². The zero-order valence-corrected chi connectivity index (χ0v) is 12.4. The van der Waals surface area contributed by atoms with E-state index in [1.807, 2.05) is 4.90 Å². The molecule has 1 aliphatic heterocycles. The zero-order chi connectivity index (χ0) is 15.2. The lowest BCUT2D eigenvalue weighted by Gasteiger charge is -2.35. The van der Waals surface area contributed by atoms with Crippen LogP contribution in [0.2, 0.25) is 0 Å². The molecule has 0 aromatic carbocycles. The van der Waals surface area contributed by atoms with E-state index in [1.54, 1.807) is 25.3 Å². The Balaban J connectivity index is 2.34. The molecule has 0 spiro atoms. The standard InChI is InChI=1S/C15H20N2O4/c1-3-21-14(18)11-7-6-9-16-13(11)17-10-5-4-8-12(17)15(19)20-2/h6-7,9,12H,3-5,8,10H2,1-2H3. The molecule has 21 heavy (non-hydrogen) atoms. The van der Waals surface area contributed by atoms with Crippen LogP contribution in [-0.2, 0) is 14.3 Å². The Bertz CT molecular complexity index is 518. The molecule has 2 rings (SSSR count). The fourth-order valence-corrected chi connectivity index (χ4v) is 2.56. The molecule has 1 aromatic rings. The maximum atomic E-state index is 12.0. The summed E-state index contributed by atoms with van der Waals surface area (Å²) in [6, 6.07) is 2.96. The highest BCUT2D eigenvalue weighted by Gasteiger charge is 2.32. The van der Waals surface area contributed by atoms with Gasteiger partial charge in [-0.2, -0.15) is 0 Å². The van der Waals surface area contributed by atoms with E-state index < -0.39 is 12.0 Å². The maximum absolute atomic E-state index is 12.0. The number of ether oxygens (including phenoxy) is 2. The topological polar surface area (TPSA) is 68.7 Å². The van der Waals surface area contributed by atoms with Gasteiger partial charge in [-0.15, -0.1) is 0 Å². The molecule has 0 bridgehead atoms. The summed E-state index contributed by atoms with van der Waals surface area (Å²) < 4.78 is 9.92. The predicted molar refractivity (Wildman–Crippen MR) is 77.2 cm³/mol. The molecule has 6 nitrogen and oxygen atoms in total. The number of esters is 2. The Morgan fingerprint density at radius 1 is 1.43 bits per heavy atom. The number of rotatable bonds is 4. The van der Waals surface area contributed by atoms with Crippen LogP contribution < -0.4 is 4.90 Å². The van der Waals surface area contributed by atoms with E-state index in [0.717, 1.165) is 12.8 Å². The number of pyridine rings is 1. The largest absolute Gasteiger partial charge is 0.467 e. The number of carbonyl (C=O) groups excluding carboxylic acids is 2. The summed E-state index contributed by atoms with van der Waals surface area (Å²) in [6.07, 6.45) is 4.22. The summed E-state index contributed by atoms with van der Waals surface area (Å²) in [6.45, 7) is 2.73. The second kappa shape index (κ2) is 7.06. The minimum atomic E-state index is -0.421. The Hall–Kier alpha value is -2.11. The van der Waals surface area contributed by atoms with E-state index in [0.29, 0.717) is 31.0 Å². The van der Waals surface area contributed by atoms with Crippen molar-refractivity contribution in [1.29, 1.82) is 0 Å². The number of piperidine rings is 1. The smallest absolute Gasteiger partial charge is 0.341 e. The van der Waals surface area contributed by atoms with Crippen molar-refractivity contribution in [3.05, 3.63) is 23.9 Å². The number of aromatic nitrogens is 1. The third-order valence-corrected chi connectivity index (χ3v) is 3.53. The number of hydrogen-bond acceptors (Lipinski definition) is 6. The molecule has 1 fully saturated rings. The molecule has 0 amide bonds. The van der Waals surface area contributed by atoms with E-state index in [2.05, 4.69) is 4.98 Å². The summed E-state index contributed by atoms with van der Waals surface area (Å²) >= 11 is 0. The monoisotopic (exact) mass is 292 g/mol. The Morgan fingerprint density at radius 3 is 2.95 bits per heavy atom. The average Bonchev–Trinajstić information content (AvgIpc) is 2.54. The van der Waals surface area contributed by atoms with E-state index in [9.17, 15) is 9.59 Å². The number of nitrogens with zero attached hydrogens (tertiary/aromatic N) is 2. The van der Waals surface area contributed by atoms with Gasteiger partial charge in [0, 0.05) is 12.7 Å². The van der Waals surface area contributed by atoms with E-state index >= 15 is 0 Å². The number of carbonyl (C=O) groups is 2. The van der Waals surface area contributed by atoms with Crippen LogP contribution in [-0.4, -0.2) is 43.2 Å². The lowest BCUT2D eigenvalue weighted by molar-refractivity contribution is -0.142. The minimum absolute atomic E-state index is 0.296. The number of methoxy groups -OCH3 is 1. The first-order valence-corrected chi connectivity index (χ1v) is 7.15. The summed E-state index contributed by atoms with van der Waals surface area (Å²) in [5.41, 5.74) is 0.384. The summed E-state index contributed by atoms with van der Waals surface area (Å²) in [5, 5.41) is 0. The first-order chi connectivity index (χ1) is 10.2. The lowest BCUT2D eigenvalue weighted by atomic mass is 10.0. The van der Waals surface area contributed by atoms with Crippen LogP contribution in [0.5, 0.6) is 0 Å². The van der Waals surface area contributed by atoms with Crippen LogP contribution in [0.1, 0.15) is 36.5 Å². The van der Waals surface area contributed by atoms with Gasteiger partial charge in [-0.1, -0.05) is 0 Å². The van der Waals surface area contributed by atoms with Crippen molar-refractivity contribution < 1.29 is 19.1 Å². The molecule has 0 radical (unpaired) electrons. The molecule has 1 atom stereocenters.